The van der Waals surface area contributed by atoms with E-state index in [1.165, 1.54) is 56.3 Å². The highest BCUT2D eigenvalue weighted by atomic mass is 32.1. The molecule has 0 aliphatic heterocycles. The summed E-state index contributed by atoms with van der Waals surface area (Å²) in [7, 11) is 0. The molecule has 32 heavy (non-hydrogen) atoms. The molecule has 0 aromatic carbocycles. The fourth-order valence-electron chi connectivity index (χ4n) is 3.56. The van der Waals surface area contributed by atoms with Gasteiger partial charge in [0.1, 0.15) is 10.9 Å². The lowest BCUT2D eigenvalue weighted by molar-refractivity contribution is -0.138. The van der Waals surface area contributed by atoms with Crippen molar-refractivity contribution in [3.63, 3.8) is 0 Å². The number of hydrogen-bond acceptors (Lipinski definition) is 5. The number of thiophene rings is 1. The van der Waals surface area contributed by atoms with Crippen LogP contribution in [0.3, 0.4) is 0 Å². The van der Waals surface area contributed by atoms with Gasteiger partial charge in [0.05, 0.1) is 0 Å². The van der Waals surface area contributed by atoms with Crippen molar-refractivity contribution in [1.29, 1.82) is 0 Å². The zero-order chi connectivity index (χ0) is 23.6. The van der Waals surface area contributed by atoms with Crippen molar-refractivity contribution in [2.24, 2.45) is 5.73 Å². The van der Waals surface area contributed by atoms with Gasteiger partial charge < -0.3 is 21.3 Å². The van der Waals surface area contributed by atoms with E-state index in [1.54, 1.807) is 6.07 Å². The van der Waals surface area contributed by atoms with Crippen molar-refractivity contribution >= 4 is 29.2 Å². The van der Waals surface area contributed by atoms with E-state index in [0.29, 0.717) is 30.7 Å². The van der Waals surface area contributed by atoms with Crippen LogP contribution < -0.4 is 11.1 Å². The van der Waals surface area contributed by atoms with Crippen LogP contribution in [0, 0.1) is 0 Å². The van der Waals surface area contributed by atoms with Crippen LogP contribution in [0.25, 0.3) is 0 Å². The van der Waals surface area contributed by atoms with Crippen molar-refractivity contribution < 1.29 is 24.6 Å². The summed E-state index contributed by atoms with van der Waals surface area (Å²) in [6.45, 7) is 0.585. The third-order valence-corrected chi connectivity index (χ3v) is 6.66. The van der Waals surface area contributed by atoms with Crippen LogP contribution in [-0.2, 0) is 16.0 Å². The fourth-order valence-corrected chi connectivity index (χ4v) is 4.44. The van der Waals surface area contributed by atoms with Crippen molar-refractivity contribution in [3.8, 4) is 0 Å². The van der Waals surface area contributed by atoms with E-state index < -0.39 is 18.0 Å². The fraction of sp³-hybridized carbons (Fsp3) is 0.708. The summed E-state index contributed by atoms with van der Waals surface area (Å²) < 4.78 is 0. The molecule has 7 nitrogen and oxygen atoms in total. The van der Waals surface area contributed by atoms with Crippen molar-refractivity contribution in [2.45, 2.75) is 102 Å². The number of rotatable bonds is 20. The average Bonchev–Trinajstić information content (AvgIpc) is 3.23. The van der Waals surface area contributed by atoms with E-state index in [0.717, 1.165) is 37.0 Å². The topological polar surface area (TPSA) is 130 Å². The monoisotopic (exact) mass is 468 g/mol. The number of carbonyl (C=O) groups excluding carboxylic acids is 1. The minimum atomic E-state index is -0.974. The highest BCUT2D eigenvalue weighted by molar-refractivity contribution is 7.13. The van der Waals surface area contributed by atoms with E-state index in [2.05, 4.69) is 5.32 Å². The molecule has 0 bridgehead atoms. The number of carboxylic acid groups (broad SMARTS) is 2. The maximum absolute atomic E-state index is 11.8. The Morgan fingerprint density at radius 3 is 2.00 bits per heavy atom. The number of aliphatic carboxylic acids is 1. The molecular formula is C24H40N2O5S. The van der Waals surface area contributed by atoms with Gasteiger partial charge in [0.25, 0.3) is 0 Å². The average molecular weight is 469 g/mol. The number of carbonyl (C=O) groups is 3. The number of carboxylic acids is 2. The molecule has 1 atom stereocenters. The summed E-state index contributed by atoms with van der Waals surface area (Å²) in [5.74, 6) is -1.73. The predicted molar refractivity (Wildman–Crippen MR) is 128 cm³/mol. The van der Waals surface area contributed by atoms with Crippen LogP contribution in [0.2, 0.25) is 0 Å². The standard InChI is InChI=1S/C24H40N2O5S/c25-20(23(28)29)14-11-12-18-26-22(27)15-10-8-6-4-2-1-3-5-7-9-13-19-16-17-21(32-19)24(30)31/h16-17,20H,1-15,18,25H2,(H,26,27)(H,28,29)(H,30,31)/t20-/m0/s1. The quantitative estimate of drug-likeness (QED) is 0.200. The molecule has 0 saturated carbocycles. The van der Waals surface area contributed by atoms with Crippen LogP contribution in [0.1, 0.15) is 104 Å². The molecule has 0 aliphatic carbocycles. The maximum Gasteiger partial charge on any atom is 0.345 e. The number of nitrogens with one attached hydrogen (secondary N) is 1. The molecule has 0 saturated heterocycles. The lowest BCUT2D eigenvalue weighted by Crippen LogP contribution is -2.30. The third kappa shape index (κ3) is 14.2. The molecule has 0 unspecified atom stereocenters. The second kappa shape index (κ2) is 17.6. The number of aryl methyl sites for hydroxylation is 1. The second-order valence-corrected chi connectivity index (χ2v) is 9.57. The first kappa shape index (κ1) is 28.1. The van der Waals surface area contributed by atoms with E-state index in [1.807, 2.05) is 6.07 Å². The Morgan fingerprint density at radius 2 is 1.44 bits per heavy atom. The first-order valence-electron chi connectivity index (χ1n) is 12.0. The van der Waals surface area contributed by atoms with E-state index in [9.17, 15) is 14.4 Å². The normalized spacial score (nSPS) is 11.9. The Bertz CT molecular complexity index is 677. The number of nitrogens with two attached hydrogens (primary N) is 1. The molecule has 5 N–H and O–H groups in total. The van der Waals surface area contributed by atoms with Crippen molar-refractivity contribution in [2.75, 3.05) is 6.54 Å². The molecule has 1 heterocycles. The number of amides is 1. The van der Waals surface area contributed by atoms with Gasteiger partial charge in [-0.25, -0.2) is 4.79 Å². The minimum Gasteiger partial charge on any atom is -0.480 e. The van der Waals surface area contributed by atoms with Gasteiger partial charge in [-0.05, 0) is 50.7 Å². The third-order valence-electron chi connectivity index (χ3n) is 5.53. The van der Waals surface area contributed by atoms with E-state index >= 15 is 0 Å². The van der Waals surface area contributed by atoms with Crippen LogP contribution in [0.4, 0.5) is 0 Å². The first-order valence-corrected chi connectivity index (χ1v) is 12.8. The number of hydrogen-bond donors (Lipinski definition) is 4. The molecule has 1 rings (SSSR count). The Hall–Kier alpha value is -1.93. The Kier molecular flexibility index (Phi) is 15.5. The van der Waals surface area contributed by atoms with Gasteiger partial charge in [-0.2, -0.15) is 0 Å². The van der Waals surface area contributed by atoms with E-state index in [4.69, 9.17) is 15.9 Å². The highest BCUT2D eigenvalue weighted by Gasteiger charge is 2.10. The SMILES string of the molecule is N[C@@H](CCCCNC(=O)CCCCCCCCCCCCc1ccc(C(=O)O)s1)C(=O)O. The van der Waals surface area contributed by atoms with Crippen LogP contribution in [0.15, 0.2) is 12.1 Å². The Morgan fingerprint density at radius 1 is 0.844 bits per heavy atom. The van der Waals surface area contributed by atoms with Gasteiger partial charge in [-0.1, -0.05) is 51.4 Å². The van der Waals surface area contributed by atoms with Gasteiger partial charge in [-0.3, -0.25) is 9.59 Å². The first-order chi connectivity index (χ1) is 15.4. The molecule has 0 fully saturated rings. The molecule has 0 aliphatic rings. The molecule has 1 aromatic rings. The van der Waals surface area contributed by atoms with Crippen LogP contribution in [0.5, 0.6) is 0 Å². The van der Waals surface area contributed by atoms with Crippen molar-refractivity contribution in [1.82, 2.24) is 5.32 Å². The summed E-state index contributed by atoms with van der Waals surface area (Å²) in [4.78, 5) is 34.8. The largest absolute Gasteiger partial charge is 0.480 e. The van der Waals surface area contributed by atoms with Gasteiger partial charge in [0.2, 0.25) is 5.91 Å². The summed E-state index contributed by atoms with van der Waals surface area (Å²) in [6.07, 6.45) is 15.1. The smallest absolute Gasteiger partial charge is 0.345 e. The van der Waals surface area contributed by atoms with Crippen LogP contribution >= 0.6 is 11.3 Å². The molecule has 1 aromatic heterocycles. The predicted octanol–water partition coefficient (Wildman–Crippen LogP) is 4.98. The van der Waals surface area contributed by atoms with Gasteiger partial charge in [-0.15, -0.1) is 11.3 Å². The molecule has 182 valence electrons. The van der Waals surface area contributed by atoms with Gasteiger partial charge in [0, 0.05) is 17.8 Å². The Labute approximate surface area is 195 Å². The molecular weight excluding hydrogens is 428 g/mol. The summed E-state index contributed by atoms with van der Waals surface area (Å²) in [5.41, 5.74) is 5.44. The number of unbranched alkanes of at least 4 members (excludes halogenated alkanes) is 10. The molecule has 1 amide bonds. The summed E-state index contributed by atoms with van der Waals surface area (Å²) in [5, 5.41) is 20.5. The Balaban J connectivity index is 1.82. The molecule has 8 heteroatoms. The zero-order valence-electron chi connectivity index (χ0n) is 19.2. The van der Waals surface area contributed by atoms with Crippen LogP contribution in [-0.4, -0.2) is 40.6 Å². The lowest BCUT2D eigenvalue weighted by atomic mass is 10.0. The molecule has 0 radical (unpaired) electrons. The maximum atomic E-state index is 11.8. The van der Waals surface area contributed by atoms with Gasteiger partial charge >= 0.3 is 11.9 Å². The van der Waals surface area contributed by atoms with Gasteiger partial charge in [0.15, 0.2) is 0 Å². The highest BCUT2D eigenvalue weighted by Crippen LogP contribution is 2.19. The summed E-state index contributed by atoms with van der Waals surface area (Å²) in [6, 6.07) is 2.82. The number of aromatic carboxylic acids is 1. The lowest BCUT2D eigenvalue weighted by Gasteiger charge is -2.07. The van der Waals surface area contributed by atoms with E-state index in [-0.39, 0.29) is 5.91 Å². The molecule has 0 spiro atoms. The zero-order valence-corrected chi connectivity index (χ0v) is 20.0. The summed E-state index contributed by atoms with van der Waals surface area (Å²) >= 11 is 1.38. The minimum absolute atomic E-state index is 0.0780. The second-order valence-electron chi connectivity index (χ2n) is 8.40. The van der Waals surface area contributed by atoms with Crippen molar-refractivity contribution in [3.05, 3.63) is 21.9 Å².